The van der Waals surface area contributed by atoms with Crippen molar-refractivity contribution in [2.24, 2.45) is 4.99 Å². The lowest BCUT2D eigenvalue weighted by Gasteiger charge is -2.34. The molecule has 10 rings (SSSR count). The average Bonchev–Trinajstić information content (AvgIpc) is 3.50. The Morgan fingerprint density at radius 1 is 0.609 bits per heavy atom. The quantitative estimate of drug-likeness (QED) is 0.172. The van der Waals surface area contributed by atoms with E-state index in [1.807, 2.05) is 36.7 Å². The van der Waals surface area contributed by atoms with Crippen molar-refractivity contribution in [1.82, 2.24) is 4.98 Å². The molecule has 0 aliphatic carbocycles. The molecule has 0 spiro atoms. The fourth-order valence-corrected chi connectivity index (χ4v) is 9.73. The minimum Gasteiger partial charge on any atom is -0.453 e. The van der Waals surface area contributed by atoms with E-state index in [0.29, 0.717) is 0 Å². The second-order valence-corrected chi connectivity index (χ2v) is 14.2. The maximum Gasteiger partial charge on any atom is 0.167 e. The SMILES string of the molecule is c1cncc(C2=IC(c3ccc(N4c5ccc6ccccc6c5-c5cccc6cccc4c56)cc3)=Nc3c2oc2ccccc32)c1. The molecule has 2 aromatic heterocycles. The lowest BCUT2D eigenvalue weighted by molar-refractivity contribution is 0.608. The van der Waals surface area contributed by atoms with Gasteiger partial charge in [-0.1, -0.05) is 112 Å². The van der Waals surface area contributed by atoms with Crippen LogP contribution in [-0.4, -0.2) is 12.2 Å². The van der Waals surface area contributed by atoms with E-state index in [-0.39, 0.29) is 0 Å². The van der Waals surface area contributed by atoms with Crippen molar-refractivity contribution in [2.45, 2.75) is 0 Å². The summed E-state index contributed by atoms with van der Waals surface area (Å²) in [5.41, 5.74) is 10.1. The molecule has 0 saturated heterocycles. The number of para-hydroxylation sites is 1. The first-order valence-electron chi connectivity index (χ1n) is 15.3. The zero-order valence-corrected chi connectivity index (χ0v) is 26.6. The lowest BCUT2D eigenvalue weighted by Crippen LogP contribution is -2.15. The molecule has 0 saturated carbocycles. The molecule has 2 aliphatic heterocycles. The highest BCUT2D eigenvalue weighted by Crippen LogP contribution is 2.53. The topological polar surface area (TPSA) is 41.6 Å². The van der Waals surface area contributed by atoms with Crippen molar-refractivity contribution in [3.05, 3.63) is 163 Å². The van der Waals surface area contributed by atoms with Gasteiger partial charge < -0.3 is 9.32 Å². The van der Waals surface area contributed by atoms with Gasteiger partial charge in [0.1, 0.15) is 15.0 Å². The van der Waals surface area contributed by atoms with E-state index in [0.717, 1.165) is 42.9 Å². The Hall–Kier alpha value is -5.40. The second-order valence-electron chi connectivity index (χ2n) is 11.6. The van der Waals surface area contributed by atoms with Crippen LogP contribution in [0.1, 0.15) is 16.9 Å². The number of nitrogens with zero attached hydrogens (tertiary/aromatic N) is 3. The van der Waals surface area contributed by atoms with Crippen LogP contribution in [0.25, 0.3) is 43.6 Å². The molecular formula is C41H24IN3O. The van der Waals surface area contributed by atoms with Crippen molar-refractivity contribution in [3.63, 3.8) is 0 Å². The first kappa shape index (κ1) is 25.9. The summed E-state index contributed by atoms with van der Waals surface area (Å²) in [7, 11) is 0. The van der Waals surface area contributed by atoms with Gasteiger partial charge in [-0.05, 0) is 64.2 Å². The van der Waals surface area contributed by atoms with Crippen LogP contribution in [0.2, 0.25) is 0 Å². The van der Waals surface area contributed by atoms with Gasteiger partial charge in [-0.25, -0.2) is 4.99 Å². The van der Waals surface area contributed by atoms with Gasteiger partial charge in [0.05, 0.1) is 14.9 Å². The van der Waals surface area contributed by atoms with Crippen molar-refractivity contribution in [2.75, 3.05) is 4.90 Å². The second kappa shape index (κ2) is 10.1. The predicted molar refractivity (Wildman–Crippen MR) is 199 cm³/mol. The molecule has 0 radical (unpaired) electrons. The van der Waals surface area contributed by atoms with E-state index in [4.69, 9.17) is 9.41 Å². The van der Waals surface area contributed by atoms with Crippen molar-refractivity contribution >= 4 is 83.2 Å². The molecule has 2 aliphatic rings. The molecule has 0 atom stereocenters. The molecule has 5 heteroatoms. The van der Waals surface area contributed by atoms with Crippen LogP contribution < -0.4 is 4.90 Å². The number of aromatic nitrogens is 1. The highest BCUT2D eigenvalue weighted by molar-refractivity contribution is 14.2. The van der Waals surface area contributed by atoms with Crippen LogP contribution in [0.5, 0.6) is 0 Å². The number of halogens is 1. The molecular weight excluding hydrogens is 677 g/mol. The number of furan rings is 1. The van der Waals surface area contributed by atoms with E-state index in [9.17, 15) is 0 Å². The Labute approximate surface area is 275 Å². The standard InChI is InChI=1S/C41H24IN3O/c1-2-12-30-25(8-1)19-22-34-37(30)32-14-5-9-26-10-6-15-33(36(26)32)45(34)29-20-17-27(18-21-29)41-42-38(28-11-7-23-43-24-28)40-39(44-41)31-13-3-4-16-35(31)46-40/h1-24H. The van der Waals surface area contributed by atoms with Crippen LogP contribution in [-0.2, 0) is 0 Å². The number of hydrogen-bond acceptors (Lipinski definition) is 4. The first-order chi connectivity index (χ1) is 22.8. The third kappa shape index (κ3) is 3.82. The molecule has 6 aromatic carbocycles. The highest BCUT2D eigenvalue weighted by Gasteiger charge is 2.28. The zero-order chi connectivity index (χ0) is 30.2. The molecule has 4 nitrogen and oxygen atoms in total. The molecule has 46 heavy (non-hydrogen) atoms. The monoisotopic (exact) mass is 701 g/mol. The summed E-state index contributed by atoms with van der Waals surface area (Å²) in [5.74, 6) is 0.881. The summed E-state index contributed by atoms with van der Waals surface area (Å²) in [6, 6.07) is 47.8. The number of pyridine rings is 1. The number of rotatable bonds is 3. The molecule has 8 aromatic rings. The van der Waals surface area contributed by atoms with Gasteiger partial charge in [0.2, 0.25) is 0 Å². The van der Waals surface area contributed by atoms with Crippen LogP contribution in [0, 0.1) is 0 Å². The number of aliphatic imine (C=N–C) groups is 1. The summed E-state index contributed by atoms with van der Waals surface area (Å²) < 4.78 is 8.75. The molecule has 0 bridgehead atoms. The maximum atomic E-state index is 6.41. The Morgan fingerprint density at radius 3 is 2.28 bits per heavy atom. The third-order valence-electron chi connectivity index (χ3n) is 8.98. The van der Waals surface area contributed by atoms with E-state index in [1.54, 1.807) is 0 Å². The van der Waals surface area contributed by atoms with Gasteiger partial charge in [0.15, 0.2) is 5.76 Å². The summed E-state index contributed by atoms with van der Waals surface area (Å²) in [4.78, 5) is 12.1. The maximum absolute atomic E-state index is 6.41. The molecule has 4 heterocycles. The van der Waals surface area contributed by atoms with Gasteiger partial charge in [0.25, 0.3) is 0 Å². The number of benzene rings is 6. The summed E-state index contributed by atoms with van der Waals surface area (Å²) in [6.07, 6.45) is 3.76. The largest absolute Gasteiger partial charge is 0.453 e. The highest BCUT2D eigenvalue weighted by atomic mass is 127. The van der Waals surface area contributed by atoms with Crippen molar-refractivity contribution < 1.29 is 4.42 Å². The molecule has 0 fully saturated rings. The van der Waals surface area contributed by atoms with Gasteiger partial charge in [-0.15, -0.1) is 0 Å². The van der Waals surface area contributed by atoms with E-state index in [2.05, 4.69) is 119 Å². The van der Waals surface area contributed by atoms with Crippen LogP contribution in [0.15, 0.2) is 155 Å². The van der Waals surface area contributed by atoms with Crippen LogP contribution >= 0.6 is 20.7 Å². The molecule has 0 N–H and O–H groups in total. The van der Waals surface area contributed by atoms with Gasteiger partial charge in [0, 0.05) is 45.5 Å². The van der Waals surface area contributed by atoms with E-state index >= 15 is 0 Å². The van der Waals surface area contributed by atoms with Crippen molar-refractivity contribution in [1.29, 1.82) is 0 Å². The Balaban J connectivity index is 1.15. The predicted octanol–water partition coefficient (Wildman–Crippen LogP) is 11.2. The van der Waals surface area contributed by atoms with E-state index in [1.165, 1.54) is 47.6 Å². The lowest BCUT2D eigenvalue weighted by atomic mass is 9.87. The summed E-state index contributed by atoms with van der Waals surface area (Å²) in [5, 5.41) is 6.10. The van der Waals surface area contributed by atoms with E-state index < -0.39 is 20.7 Å². The van der Waals surface area contributed by atoms with Crippen LogP contribution in [0.4, 0.5) is 22.7 Å². The third-order valence-corrected chi connectivity index (χ3v) is 12.0. The molecule has 216 valence electrons. The van der Waals surface area contributed by atoms with Crippen LogP contribution in [0.3, 0.4) is 0 Å². The Morgan fingerprint density at radius 2 is 1.41 bits per heavy atom. The zero-order valence-electron chi connectivity index (χ0n) is 24.5. The smallest absolute Gasteiger partial charge is 0.167 e. The van der Waals surface area contributed by atoms with Gasteiger partial charge in [-0.2, -0.15) is 0 Å². The fraction of sp³-hybridized carbons (Fsp3) is 0. The first-order valence-corrected chi connectivity index (χ1v) is 17.4. The molecule has 0 amide bonds. The summed E-state index contributed by atoms with van der Waals surface area (Å²) >= 11 is -0.634. The minimum atomic E-state index is -0.634. The minimum absolute atomic E-state index is 0.634. The number of fused-ring (bicyclic) bond motifs is 7. The average molecular weight is 702 g/mol. The van der Waals surface area contributed by atoms with Gasteiger partial charge in [-0.3, -0.25) is 4.98 Å². The summed E-state index contributed by atoms with van der Waals surface area (Å²) in [6.45, 7) is 0. The fourth-order valence-electron chi connectivity index (χ4n) is 6.94. The van der Waals surface area contributed by atoms with Crippen molar-refractivity contribution in [3.8, 4) is 11.1 Å². The van der Waals surface area contributed by atoms with Gasteiger partial charge >= 0.3 is 0 Å². The normalized spacial score (nSPS) is 13.6. The number of hydrogen-bond donors (Lipinski definition) is 0. The number of anilines is 3. The Kier molecular flexibility index (Phi) is 5.66. The molecule has 0 unspecified atom stereocenters. The Bertz CT molecular complexity index is 2580.